The van der Waals surface area contributed by atoms with Gasteiger partial charge in [-0.15, -0.1) is 0 Å². The van der Waals surface area contributed by atoms with Gasteiger partial charge in [-0.3, -0.25) is 9.79 Å². The van der Waals surface area contributed by atoms with Gasteiger partial charge < -0.3 is 0 Å². The first-order valence-corrected chi connectivity index (χ1v) is 8.18. The normalized spacial score (nSPS) is 10.9. The largest absolute Gasteiger partial charge is 0.294 e. The van der Waals surface area contributed by atoms with Crippen LogP contribution in [-0.4, -0.2) is 12.0 Å². The molecule has 3 rings (SSSR count). The Morgan fingerprint density at radius 3 is 2.32 bits per heavy atom. The predicted octanol–water partition coefficient (Wildman–Crippen LogP) is 5.39. The lowest BCUT2D eigenvalue weighted by atomic mass is 10.0. The van der Waals surface area contributed by atoms with Crippen LogP contribution in [0.2, 0.25) is 0 Å². The number of Topliss-reactive ketones (excluding diaryl/α,β-unsaturated/α-hetero) is 1. The first kappa shape index (κ1) is 16.8. The maximum Gasteiger partial charge on any atom is 0.165 e. The first-order valence-electron chi connectivity index (χ1n) is 8.18. The third kappa shape index (κ3) is 4.70. The van der Waals surface area contributed by atoms with Crippen LogP contribution in [0.1, 0.15) is 27.9 Å². The summed E-state index contributed by atoms with van der Waals surface area (Å²) in [7, 11) is 0. The van der Waals surface area contributed by atoms with Gasteiger partial charge in [-0.2, -0.15) is 0 Å². The molecule has 3 aromatic carbocycles. The number of carbonyl (C=O) groups is 1. The van der Waals surface area contributed by atoms with Crippen molar-refractivity contribution in [3.8, 4) is 0 Å². The highest BCUT2D eigenvalue weighted by Crippen LogP contribution is 2.21. The molecule has 0 fully saturated rings. The summed E-state index contributed by atoms with van der Waals surface area (Å²) in [6.07, 6.45) is 2.78. The van der Waals surface area contributed by atoms with E-state index in [1.165, 1.54) is 12.1 Å². The molecule has 0 saturated heterocycles. The topological polar surface area (TPSA) is 29.4 Å². The Morgan fingerprint density at radius 1 is 0.880 bits per heavy atom. The number of carbonyl (C=O) groups excluding carboxylic acids is 1. The van der Waals surface area contributed by atoms with Crippen LogP contribution >= 0.6 is 0 Å². The quantitative estimate of drug-likeness (QED) is 0.440. The molecule has 0 amide bonds. The van der Waals surface area contributed by atoms with E-state index in [9.17, 15) is 9.18 Å². The van der Waals surface area contributed by atoms with Crippen LogP contribution in [0.4, 0.5) is 10.1 Å². The third-order valence-electron chi connectivity index (χ3n) is 3.91. The molecule has 0 aliphatic heterocycles. The summed E-state index contributed by atoms with van der Waals surface area (Å²) < 4.78 is 13.0. The molecule has 0 unspecified atom stereocenters. The van der Waals surface area contributed by atoms with Crippen LogP contribution in [0.5, 0.6) is 0 Å². The number of benzene rings is 3. The number of para-hydroxylation sites is 1. The Hall–Kier alpha value is -3.07. The highest BCUT2D eigenvalue weighted by molar-refractivity contribution is 6.01. The molecule has 3 aromatic rings. The lowest BCUT2D eigenvalue weighted by Gasteiger charge is -2.05. The van der Waals surface area contributed by atoms with E-state index in [0.29, 0.717) is 24.1 Å². The van der Waals surface area contributed by atoms with Crippen molar-refractivity contribution in [3.05, 3.63) is 101 Å². The van der Waals surface area contributed by atoms with Crippen LogP contribution in [0.15, 0.2) is 83.9 Å². The highest BCUT2D eigenvalue weighted by Gasteiger charge is 2.10. The van der Waals surface area contributed by atoms with Gasteiger partial charge in [0.15, 0.2) is 5.78 Å². The van der Waals surface area contributed by atoms with Crippen molar-refractivity contribution in [2.45, 2.75) is 12.8 Å². The number of hydrogen-bond donors (Lipinski definition) is 0. The summed E-state index contributed by atoms with van der Waals surface area (Å²) >= 11 is 0. The lowest BCUT2D eigenvalue weighted by Crippen LogP contribution is -2.01. The average Bonchev–Trinajstić information content (AvgIpc) is 2.67. The SMILES string of the molecule is O=C(CCc1ccccc1)c1ccccc1N=Cc1ccc(F)cc1. The van der Waals surface area contributed by atoms with Gasteiger partial charge in [0, 0.05) is 18.2 Å². The fourth-order valence-electron chi connectivity index (χ4n) is 2.55. The van der Waals surface area contributed by atoms with Gasteiger partial charge in [0.25, 0.3) is 0 Å². The molecule has 0 atom stereocenters. The molecule has 0 N–H and O–H groups in total. The van der Waals surface area contributed by atoms with E-state index in [2.05, 4.69) is 4.99 Å². The van der Waals surface area contributed by atoms with Gasteiger partial charge in [0.05, 0.1) is 5.69 Å². The Bertz CT molecular complexity index is 870. The van der Waals surface area contributed by atoms with Crippen molar-refractivity contribution in [2.24, 2.45) is 4.99 Å². The Labute approximate surface area is 146 Å². The number of halogens is 1. The molecule has 25 heavy (non-hydrogen) atoms. The number of aryl methyl sites for hydroxylation is 1. The molecule has 0 saturated carbocycles. The highest BCUT2D eigenvalue weighted by atomic mass is 19.1. The number of aliphatic imine (C=N–C) groups is 1. The summed E-state index contributed by atoms with van der Waals surface area (Å²) in [6, 6.07) is 23.3. The predicted molar refractivity (Wildman–Crippen MR) is 99.2 cm³/mol. The Morgan fingerprint density at radius 2 is 1.56 bits per heavy atom. The molecule has 124 valence electrons. The van der Waals surface area contributed by atoms with Gasteiger partial charge >= 0.3 is 0 Å². The van der Waals surface area contributed by atoms with Gasteiger partial charge in [-0.25, -0.2) is 4.39 Å². The van der Waals surface area contributed by atoms with E-state index >= 15 is 0 Å². The summed E-state index contributed by atoms with van der Waals surface area (Å²) in [4.78, 5) is 17.0. The van der Waals surface area contributed by atoms with Crippen molar-refractivity contribution in [2.75, 3.05) is 0 Å². The summed E-state index contributed by atoms with van der Waals surface area (Å²) in [5.74, 6) is -0.218. The van der Waals surface area contributed by atoms with Crippen LogP contribution < -0.4 is 0 Å². The van der Waals surface area contributed by atoms with E-state index in [4.69, 9.17) is 0 Å². The smallest absolute Gasteiger partial charge is 0.165 e. The minimum atomic E-state index is -0.284. The molecule has 0 spiro atoms. The molecule has 0 bridgehead atoms. The fourth-order valence-corrected chi connectivity index (χ4v) is 2.55. The Balaban J connectivity index is 1.73. The van der Waals surface area contributed by atoms with Crippen LogP contribution in [-0.2, 0) is 6.42 Å². The molecule has 0 aliphatic carbocycles. The maximum atomic E-state index is 13.0. The van der Waals surface area contributed by atoms with Crippen molar-refractivity contribution in [1.29, 1.82) is 0 Å². The standard InChI is InChI=1S/C22H18FNO/c23-19-13-10-18(11-14-19)16-24-21-9-5-4-8-20(21)22(25)15-12-17-6-2-1-3-7-17/h1-11,13-14,16H,12,15H2. The number of rotatable bonds is 6. The van der Waals surface area contributed by atoms with Crippen LogP contribution in [0.3, 0.4) is 0 Å². The second-order valence-electron chi connectivity index (χ2n) is 5.74. The van der Waals surface area contributed by atoms with Crippen LogP contribution in [0, 0.1) is 5.82 Å². The van der Waals surface area contributed by atoms with Gasteiger partial charge in [-0.1, -0.05) is 54.6 Å². The maximum absolute atomic E-state index is 13.0. The second-order valence-corrected chi connectivity index (χ2v) is 5.74. The van der Waals surface area contributed by atoms with E-state index in [0.717, 1.165) is 11.1 Å². The minimum Gasteiger partial charge on any atom is -0.294 e. The molecule has 0 radical (unpaired) electrons. The zero-order chi connectivity index (χ0) is 17.5. The fraction of sp³-hybridized carbons (Fsp3) is 0.0909. The molecular weight excluding hydrogens is 313 g/mol. The number of hydrogen-bond acceptors (Lipinski definition) is 2. The molecule has 0 aromatic heterocycles. The first-order chi connectivity index (χ1) is 12.2. The monoisotopic (exact) mass is 331 g/mol. The van der Waals surface area contributed by atoms with E-state index in [-0.39, 0.29) is 11.6 Å². The van der Waals surface area contributed by atoms with Crippen molar-refractivity contribution in [1.82, 2.24) is 0 Å². The number of ketones is 1. The molecule has 0 heterocycles. The average molecular weight is 331 g/mol. The number of nitrogens with zero attached hydrogens (tertiary/aromatic N) is 1. The molecule has 3 heteroatoms. The van der Waals surface area contributed by atoms with Gasteiger partial charge in [0.1, 0.15) is 5.82 Å². The third-order valence-corrected chi connectivity index (χ3v) is 3.91. The summed E-state index contributed by atoms with van der Waals surface area (Å²) in [5.41, 5.74) is 3.16. The van der Waals surface area contributed by atoms with Crippen molar-refractivity contribution < 1.29 is 9.18 Å². The van der Waals surface area contributed by atoms with E-state index in [1.54, 1.807) is 24.4 Å². The molecular formula is C22H18FNO. The second kappa shape index (κ2) is 8.15. The van der Waals surface area contributed by atoms with E-state index < -0.39 is 0 Å². The van der Waals surface area contributed by atoms with Crippen molar-refractivity contribution in [3.63, 3.8) is 0 Å². The van der Waals surface area contributed by atoms with Gasteiger partial charge in [-0.05, 0) is 41.8 Å². The zero-order valence-corrected chi connectivity index (χ0v) is 13.7. The molecule has 2 nitrogen and oxygen atoms in total. The summed E-state index contributed by atoms with van der Waals surface area (Å²) in [5, 5.41) is 0. The van der Waals surface area contributed by atoms with Gasteiger partial charge in [0.2, 0.25) is 0 Å². The Kier molecular flexibility index (Phi) is 5.47. The lowest BCUT2D eigenvalue weighted by molar-refractivity contribution is 0.0983. The van der Waals surface area contributed by atoms with E-state index in [1.807, 2.05) is 48.5 Å². The van der Waals surface area contributed by atoms with Crippen molar-refractivity contribution >= 4 is 17.7 Å². The minimum absolute atomic E-state index is 0.0655. The van der Waals surface area contributed by atoms with Crippen LogP contribution in [0.25, 0.3) is 0 Å². The summed E-state index contributed by atoms with van der Waals surface area (Å²) in [6.45, 7) is 0. The molecule has 0 aliphatic rings. The zero-order valence-electron chi connectivity index (χ0n) is 13.7.